The highest BCUT2D eigenvalue weighted by atomic mass is 16.1. The maximum atomic E-state index is 12.3. The van der Waals surface area contributed by atoms with Crippen LogP contribution in [0.25, 0.3) is 0 Å². The van der Waals surface area contributed by atoms with Gasteiger partial charge in [0.2, 0.25) is 5.91 Å². The molecule has 0 radical (unpaired) electrons. The third-order valence-electron chi connectivity index (χ3n) is 3.74. The van der Waals surface area contributed by atoms with Crippen molar-refractivity contribution in [3.05, 3.63) is 65.0 Å². The highest BCUT2D eigenvalue weighted by Gasteiger charge is 2.28. The molecule has 0 unspecified atom stereocenters. The van der Waals surface area contributed by atoms with Gasteiger partial charge in [0, 0.05) is 18.9 Å². The lowest BCUT2D eigenvalue weighted by Crippen LogP contribution is -2.27. The van der Waals surface area contributed by atoms with Gasteiger partial charge in [0.1, 0.15) is 0 Å². The first kappa shape index (κ1) is 11.9. The predicted octanol–water partition coefficient (Wildman–Crippen LogP) is 2.06. The van der Waals surface area contributed by atoms with Crippen LogP contribution in [-0.2, 0) is 17.6 Å². The largest absolute Gasteiger partial charge is 0.358 e. The molecule has 1 N–H and O–H groups in total. The number of carbonyl (C=O) groups excluding carboxylic acids is 1. The van der Waals surface area contributed by atoms with Gasteiger partial charge in [-0.05, 0) is 35.6 Å². The second kappa shape index (κ2) is 4.84. The average molecular weight is 252 g/mol. The SMILES string of the molecule is CNC(=O)[C@@H]1c2ccccc2CCc2ncccc21. The fourth-order valence-corrected chi connectivity index (χ4v) is 2.81. The van der Waals surface area contributed by atoms with Crippen molar-refractivity contribution in [2.24, 2.45) is 0 Å². The minimum Gasteiger partial charge on any atom is -0.358 e. The number of nitrogens with one attached hydrogen (secondary N) is 1. The zero-order valence-electron chi connectivity index (χ0n) is 10.9. The number of aromatic nitrogens is 1. The van der Waals surface area contributed by atoms with Crippen molar-refractivity contribution in [2.75, 3.05) is 7.05 Å². The van der Waals surface area contributed by atoms with Crippen LogP contribution in [0.15, 0.2) is 42.6 Å². The summed E-state index contributed by atoms with van der Waals surface area (Å²) in [5.41, 5.74) is 4.42. The lowest BCUT2D eigenvalue weighted by Gasteiger charge is -2.18. The van der Waals surface area contributed by atoms with Crippen LogP contribution < -0.4 is 5.32 Å². The van der Waals surface area contributed by atoms with Crippen LogP contribution in [-0.4, -0.2) is 17.9 Å². The molecule has 1 aliphatic rings. The van der Waals surface area contributed by atoms with E-state index in [-0.39, 0.29) is 11.8 Å². The summed E-state index contributed by atoms with van der Waals surface area (Å²) in [6, 6.07) is 12.1. The number of carbonyl (C=O) groups is 1. The maximum Gasteiger partial charge on any atom is 0.231 e. The molecule has 0 saturated carbocycles. The molecule has 2 aromatic rings. The Labute approximate surface area is 112 Å². The highest BCUT2D eigenvalue weighted by molar-refractivity contribution is 5.87. The number of nitrogens with zero attached hydrogens (tertiary/aromatic N) is 1. The maximum absolute atomic E-state index is 12.3. The van der Waals surface area contributed by atoms with Gasteiger partial charge < -0.3 is 5.32 Å². The second-order valence-corrected chi connectivity index (χ2v) is 4.79. The molecule has 3 nitrogen and oxygen atoms in total. The predicted molar refractivity (Wildman–Crippen MR) is 74.0 cm³/mol. The molecule has 1 aromatic carbocycles. The quantitative estimate of drug-likeness (QED) is 0.844. The summed E-state index contributed by atoms with van der Waals surface area (Å²) in [7, 11) is 1.69. The molecule has 1 atom stereocenters. The second-order valence-electron chi connectivity index (χ2n) is 4.79. The number of pyridine rings is 1. The molecule has 3 heteroatoms. The van der Waals surface area contributed by atoms with Crippen molar-refractivity contribution in [1.29, 1.82) is 0 Å². The minimum absolute atomic E-state index is 0.0311. The smallest absolute Gasteiger partial charge is 0.231 e. The molecule has 1 aromatic heterocycles. The van der Waals surface area contributed by atoms with E-state index in [1.807, 2.05) is 24.3 Å². The van der Waals surface area contributed by atoms with Crippen LogP contribution in [0.1, 0.15) is 28.3 Å². The minimum atomic E-state index is -0.243. The van der Waals surface area contributed by atoms with Crippen LogP contribution in [0.3, 0.4) is 0 Å². The van der Waals surface area contributed by atoms with Crippen LogP contribution in [0.4, 0.5) is 0 Å². The van der Waals surface area contributed by atoms with Gasteiger partial charge in [-0.2, -0.15) is 0 Å². The van der Waals surface area contributed by atoms with Crippen molar-refractivity contribution in [2.45, 2.75) is 18.8 Å². The Morgan fingerprint density at radius 3 is 2.79 bits per heavy atom. The lowest BCUT2D eigenvalue weighted by atomic mass is 9.88. The van der Waals surface area contributed by atoms with Crippen molar-refractivity contribution in [3.8, 4) is 0 Å². The lowest BCUT2D eigenvalue weighted by molar-refractivity contribution is -0.121. The van der Waals surface area contributed by atoms with Gasteiger partial charge in [-0.25, -0.2) is 0 Å². The number of amides is 1. The molecule has 19 heavy (non-hydrogen) atoms. The van der Waals surface area contributed by atoms with E-state index in [1.165, 1.54) is 5.56 Å². The zero-order valence-corrected chi connectivity index (χ0v) is 10.9. The molecule has 0 saturated heterocycles. The molecule has 0 fully saturated rings. The molecular formula is C16H16N2O. The summed E-state index contributed by atoms with van der Waals surface area (Å²) in [4.78, 5) is 16.8. The van der Waals surface area contributed by atoms with Gasteiger partial charge in [0.05, 0.1) is 5.92 Å². The van der Waals surface area contributed by atoms with E-state index in [0.717, 1.165) is 29.7 Å². The number of rotatable bonds is 1. The molecule has 1 heterocycles. The monoisotopic (exact) mass is 252 g/mol. The van der Waals surface area contributed by atoms with Crippen LogP contribution in [0, 0.1) is 0 Å². The fraction of sp³-hybridized carbons (Fsp3) is 0.250. The summed E-state index contributed by atoms with van der Waals surface area (Å²) in [6.07, 6.45) is 3.63. The average Bonchev–Trinajstić information content (AvgIpc) is 2.63. The van der Waals surface area contributed by atoms with E-state index in [2.05, 4.69) is 22.4 Å². The normalized spacial score (nSPS) is 17.0. The van der Waals surface area contributed by atoms with Crippen molar-refractivity contribution in [1.82, 2.24) is 10.3 Å². The van der Waals surface area contributed by atoms with E-state index in [4.69, 9.17) is 0 Å². The van der Waals surface area contributed by atoms with Crippen LogP contribution >= 0.6 is 0 Å². The summed E-state index contributed by atoms with van der Waals surface area (Å²) < 4.78 is 0. The first-order valence-electron chi connectivity index (χ1n) is 6.54. The first-order valence-corrected chi connectivity index (χ1v) is 6.54. The Hall–Kier alpha value is -2.16. The Bertz CT molecular complexity index is 574. The summed E-state index contributed by atoms with van der Waals surface area (Å²) in [6.45, 7) is 0. The van der Waals surface area contributed by atoms with Crippen LogP contribution in [0.2, 0.25) is 0 Å². The van der Waals surface area contributed by atoms with Gasteiger partial charge in [-0.1, -0.05) is 30.3 Å². The number of hydrogen-bond acceptors (Lipinski definition) is 2. The molecule has 0 bridgehead atoms. The molecule has 0 aliphatic heterocycles. The van der Waals surface area contributed by atoms with E-state index in [1.54, 1.807) is 13.2 Å². The Kier molecular flexibility index (Phi) is 3.03. The summed E-state index contributed by atoms with van der Waals surface area (Å²) in [5.74, 6) is -0.212. The standard InChI is InChI=1S/C16H16N2O/c1-17-16(19)15-12-6-3-2-5-11(12)8-9-14-13(15)7-4-10-18-14/h2-7,10,15H,8-9H2,1H3,(H,17,19)/t15-/m1/s1. The van der Waals surface area contributed by atoms with Gasteiger partial charge in [-0.3, -0.25) is 9.78 Å². The van der Waals surface area contributed by atoms with Gasteiger partial charge in [-0.15, -0.1) is 0 Å². The molecule has 3 rings (SSSR count). The fourth-order valence-electron chi connectivity index (χ4n) is 2.81. The number of hydrogen-bond donors (Lipinski definition) is 1. The van der Waals surface area contributed by atoms with Gasteiger partial charge >= 0.3 is 0 Å². The number of likely N-dealkylation sites (N-methyl/N-ethyl adjacent to an activating group) is 1. The van der Waals surface area contributed by atoms with Crippen LogP contribution in [0.5, 0.6) is 0 Å². The van der Waals surface area contributed by atoms with E-state index < -0.39 is 0 Å². The van der Waals surface area contributed by atoms with Crippen molar-refractivity contribution >= 4 is 5.91 Å². The third kappa shape index (κ3) is 2.01. The first-order chi connectivity index (χ1) is 9.31. The van der Waals surface area contributed by atoms with Gasteiger partial charge in [0.25, 0.3) is 0 Å². The highest BCUT2D eigenvalue weighted by Crippen LogP contribution is 2.33. The number of benzene rings is 1. The number of fused-ring (bicyclic) bond motifs is 2. The molecular weight excluding hydrogens is 236 g/mol. The summed E-state index contributed by atoms with van der Waals surface area (Å²) >= 11 is 0. The molecule has 1 aliphatic carbocycles. The Morgan fingerprint density at radius 1 is 1.16 bits per heavy atom. The Balaban J connectivity index is 2.22. The van der Waals surface area contributed by atoms with E-state index >= 15 is 0 Å². The summed E-state index contributed by atoms with van der Waals surface area (Å²) in [5, 5.41) is 2.78. The van der Waals surface area contributed by atoms with Crippen molar-refractivity contribution < 1.29 is 4.79 Å². The van der Waals surface area contributed by atoms with Crippen molar-refractivity contribution in [3.63, 3.8) is 0 Å². The molecule has 0 spiro atoms. The van der Waals surface area contributed by atoms with Gasteiger partial charge in [0.15, 0.2) is 0 Å². The zero-order chi connectivity index (χ0) is 13.2. The third-order valence-corrected chi connectivity index (χ3v) is 3.74. The Morgan fingerprint density at radius 2 is 1.95 bits per heavy atom. The molecule has 96 valence electrons. The van der Waals surface area contributed by atoms with E-state index in [0.29, 0.717) is 0 Å². The van der Waals surface area contributed by atoms with E-state index in [9.17, 15) is 4.79 Å². The topological polar surface area (TPSA) is 42.0 Å². The number of aryl methyl sites for hydroxylation is 2. The molecule has 1 amide bonds.